The third-order valence-corrected chi connectivity index (χ3v) is 4.00. The van der Waals surface area contributed by atoms with Crippen molar-refractivity contribution in [2.24, 2.45) is 17.3 Å². The zero-order chi connectivity index (χ0) is 12.2. The summed E-state index contributed by atoms with van der Waals surface area (Å²) in [6.07, 6.45) is 7.84. The average molecular weight is 224 g/mol. The quantitative estimate of drug-likeness (QED) is 0.667. The van der Waals surface area contributed by atoms with Crippen LogP contribution >= 0.6 is 0 Å². The van der Waals surface area contributed by atoms with E-state index in [1.807, 2.05) is 0 Å². The largest absolute Gasteiger partial charge is 0.299 e. The fourth-order valence-electron chi connectivity index (χ4n) is 2.61. The fraction of sp³-hybridized carbons (Fsp3) is 0.933. The third-order valence-electron chi connectivity index (χ3n) is 4.00. The highest BCUT2D eigenvalue weighted by molar-refractivity contribution is 5.81. The summed E-state index contributed by atoms with van der Waals surface area (Å²) < 4.78 is 0. The highest BCUT2D eigenvalue weighted by Crippen LogP contribution is 2.38. The molecule has 0 heterocycles. The summed E-state index contributed by atoms with van der Waals surface area (Å²) >= 11 is 0. The van der Waals surface area contributed by atoms with Crippen molar-refractivity contribution in [1.29, 1.82) is 0 Å². The van der Waals surface area contributed by atoms with Crippen LogP contribution in [0.15, 0.2) is 0 Å². The average Bonchev–Trinajstić information content (AvgIpc) is 2.16. The van der Waals surface area contributed by atoms with Gasteiger partial charge in [-0.1, -0.05) is 34.1 Å². The Labute approximate surface area is 101 Å². The minimum atomic E-state index is 0.389. The lowest BCUT2D eigenvalue weighted by Crippen LogP contribution is -2.26. The van der Waals surface area contributed by atoms with Gasteiger partial charge in [-0.3, -0.25) is 4.79 Å². The summed E-state index contributed by atoms with van der Waals surface area (Å²) in [6.45, 7) is 9.11. The molecule has 0 atom stereocenters. The van der Waals surface area contributed by atoms with Crippen LogP contribution in [0.2, 0.25) is 0 Å². The van der Waals surface area contributed by atoms with E-state index in [0.717, 1.165) is 31.6 Å². The van der Waals surface area contributed by atoms with E-state index >= 15 is 0 Å². The second-order valence-corrected chi connectivity index (χ2v) is 6.69. The molecule has 94 valence electrons. The first-order chi connectivity index (χ1) is 7.41. The van der Waals surface area contributed by atoms with E-state index in [2.05, 4.69) is 27.7 Å². The smallest absolute Gasteiger partial charge is 0.135 e. The predicted octanol–water partition coefficient (Wildman–Crippen LogP) is 4.60. The highest BCUT2D eigenvalue weighted by Gasteiger charge is 2.29. The van der Waals surface area contributed by atoms with Gasteiger partial charge in [-0.25, -0.2) is 0 Å². The number of ketones is 1. The zero-order valence-corrected chi connectivity index (χ0v) is 11.5. The third kappa shape index (κ3) is 4.67. The van der Waals surface area contributed by atoms with Crippen molar-refractivity contribution in [1.82, 2.24) is 0 Å². The van der Waals surface area contributed by atoms with Gasteiger partial charge < -0.3 is 0 Å². The lowest BCUT2D eigenvalue weighted by Gasteiger charge is -2.33. The van der Waals surface area contributed by atoms with Gasteiger partial charge in [0, 0.05) is 12.3 Å². The molecule has 0 radical (unpaired) electrons. The summed E-state index contributed by atoms with van der Waals surface area (Å²) in [5.74, 6) is 1.66. The molecule has 0 spiro atoms. The van der Waals surface area contributed by atoms with E-state index in [4.69, 9.17) is 0 Å². The van der Waals surface area contributed by atoms with Gasteiger partial charge in [-0.15, -0.1) is 0 Å². The molecule has 0 aliphatic heterocycles. The Bertz CT molecular complexity index is 218. The van der Waals surface area contributed by atoms with E-state index < -0.39 is 0 Å². The van der Waals surface area contributed by atoms with Gasteiger partial charge in [-0.05, 0) is 43.4 Å². The minimum absolute atomic E-state index is 0.389. The van der Waals surface area contributed by atoms with Crippen LogP contribution in [-0.4, -0.2) is 5.78 Å². The molecule has 1 aliphatic carbocycles. The van der Waals surface area contributed by atoms with Crippen LogP contribution in [0.25, 0.3) is 0 Å². The first-order valence-corrected chi connectivity index (χ1v) is 6.93. The Morgan fingerprint density at radius 1 is 1.25 bits per heavy atom. The van der Waals surface area contributed by atoms with Crippen molar-refractivity contribution in [2.45, 2.75) is 72.6 Å². The molecule has 0 N–H and O–H groups in total. The van der Waals surface area contributed by atoms with Crippen LogP contribution in [-0.2, 0) is 4.79 Å². The van der Waals surface area contributed by atoms with Gasteiger partial charge in [0.15, 0.2) is 0 Å². The molecule has 1 rings (SSSR count). The maximum Gasteiger partial charge on any atom is 0.135 e. The molecular formula is C15H28O. The zero-order valence-electron chi connectivity index (χ0n) is 11.5. The first-order valence-electron chi connectivity index (χ1n) is 6.93. The molecule has 0 amide bonds. The summed E-state index contributed by atoms with van der Waals surface area (Å²) in [5.41, 5.74) is 0.481. The van der Waals surface area contributed by atoms with E-state index in [9.17, 15) is 4.79 Å². The number of carbonyl (C=O) groups excluding carboxylic acids is 1. The molecule has 1 heteroatoms. The van der Waals surface area contributed by atoms with Crippen LogP contribution in [0.1, 0.15) is 72.6 Å². The number of carbonyl (C=O) groups is 1. The van der Waals surface area contributed by atoms with E-state index in [-0.39, 0.29) is 0 Å². The lowest BCUT2D eigenvalue weighted by molar-refractivity contribution is -0.124. The van der Waals surface area contributed by atoms with E-state index in [1.165, 1.54) is 19.3 Å². The normalized spacial score (nSPS) is 21.3. The Hall–Kier alpha value is -0.330. The molecule has 1 saturated carbocycles. The lowest BCUT2D eigenvalue weighted by atomic mass is 9.71. The standard InChI is InChI=1S/C15H28O/c1-12(2)6-5-7-14(16)13-8-10-15(3,4)11-9-13/h12-13H,5-11H2,1-4H3. The van der Waals surface area contributed by atoms with E-state index in [0.29, 0.717) is 17.1 Å². The van der Waals surface area contributed by atoms with Crippen molar-refractivity contribution in [3.63, 3.8) is 0 Å². The molecule has 0 aromatic rings. The Morgan fingerprint density at radius 2 is 1.81 bits per heavy atom. The first kappa shape index (κ1) is 13.7. The SMILES string of the molecule is CC(C)CCCC(=O)C1CCC(C)(C)CC1. The van der Waals surface area contributed by atoms with Crippen molar-refractivity contribution in [2.75, 3.05) is 0 Å². The molecule has 0 aromatic heterocycles. The Balaban J connectivity index is 2.23. The summed E-state index contributed by atoms with van der Waals surface area (Å²) in [5, 5.41) is 0. The maximum atomic E-state index is 12.0. The van der Waals surface area contributed by atoms with E-state index in [1.54, 1.807) is 0 Å². The molecular weight excluding hydrogens is 196 g/mol. The summed E-state index contributed by atoms with van der Waals surface area (Å²) in [6, 6.07) is 0. The molecule has 0 aromatic carbocycles. The highest BCUT2D eigenvalue weighted by atomic mass is 16.1. The topological polar surface area (TPSA) is 17.1 Å². The van der Waals surface area contributed by atoms with Gasteiger partial charge in [0.2, 0.25) is 0 Å². The second kappa shape index (κ2) is 5.84. The van der Waals surface area contributed by atoms with Crippen LogP contribution in [0.3, 0.4) is 0 Å². The molecule has 0 saturated heterocycles. The molecule has 1 aliphatic rings. The van der Waals surface area contributed by atoms with Crippen molar-refractivity contribution in [3.8, 4) is 0 Å². The fourth-order valence-corrected chi connectivity index (χ4v) is 2.61. The predicted molar refractivity (Wildman–Crippen MR) is 69.4 cm³/mol. The maximum absolute atomic E-state index is 12.0. The van der Waals surface area contributed by atoms with Crippen LogP contribution in [0.4, 0.5) is 0 Å². The van der Waals surface area contributed by atoms with Crippen molar-refractivity contribution in [3.05, 3.63) is 0 Å². The minimum Gasteiger partial charge on any atom is -0.299 e. The number of hydrogen-bond acceptors (Lipinski definition) is 1. The Kier molecular flexibility index (Phi) is 5.01. The van der Waals surface area contributed by atoms with Gasteiger partial charge in [0.05, 0.1) is 0 Å². The van der Waals surface area contributed by atoms with Gasteiger partial charge in [0.25, 0.3) is 0 Å². The van der Waals surface area contributed by atoms with Crippen molar-refractivity contribution < 1.29 is 4.79 Å². The van der Waals surface area contributed by atoms with Crippen molar-refractivity contribution >= 4 is 5.78 Å². The van der Waals surface area contributed by atoms with Crippen LogP contribution < -0.4 is 0 Å². The molecule has 16 heavy (non-hydrogen) atoms. The van der Waals surface area contributed by atoms with Gasteiger partial charge in [0.1, 0.15) is 5.78 Å². The number of hydrogen-bond donors (Lipinski definition) is 0. The second-order valence-electron chi connectivity index (χ2n) is 6.69. The van der Waals surface area contributed by atoms with Crippen LogP contribution in [0, 0.1) is 17.3 Å². The number of rotatable bonds is 5. The van der Waals surface area contributed by atoms with Crippen LogP contribution in [0.5, 0.6) is 0 Å². The summed E-state index contributed by atoms with van der Waals surface area (Å²) in [4.78, 5) is 12.0. The molecule has 1 fully saturated rings. The number of Topliss-reactive ketones (excluding diaryl/α,β-unsaturated/α-hetero) is 1. The van der Waals surface area contributed by atoms with Gasteiger partial charge in [-0.2, -0.15) is 0 Å². The molecule has 1 nitrogen and oxygen atoms in total. The Morgan fingerprint density at radius 3 is 2.31 bits per heavy atom. The molecule has 0 bridgehead atoms. The molecule has 0 unspecified atom stereocenters. The monoisotopic (exact) mass is 224 g/mol. The van der Waals surface area contributed by atoms with Gasteiger partial charge >= 0.3 is 0 Å². The summed E-state index contributed by atoms with van der Waals surface area (Å²) in [7, 11) is 0.